The number of unbranched alkanes of at least 4 members (excludes halogenated alkanes) is 1. The van der Waals surface area contributed by atoms with Gasteiger partial charge in [0.15, 0.2) is 0 Å². The Morgan fingerprint density at radius 1 is 1.50 bits per heavy atom. The van der Waals surface area contributed by atoms with Crippen molar-refractivity contribution in [3.05, 3.63) is 0 Å². The lowest BCUT2D eigenvalue weighted by Gasteiger charge is -2.08. The lowest BCUT2D eigenvalue weighted by atomic mass is 10.1. The van der Waals surface area contributed by atoms with E-state index in [1.807, 2.05) is 0 Å². The molecule has 0 bridgehead atoms. The molecule has 1 saturated heterocycles. The summed E-state index contributed by atoms with van der Waals surface area (Å²) in [6, 6.07) is 0. The maximum Gasteiger partial charge on any atom is 0.0576 e. The number of alkyl halides is 1. The van der Waals surface area contributed by atoms with Crippen LogP contribution in [-0.4, -0.2) is 18.1 Å². The van der Waals surface area contributed by atoms with Crippen LogP contribution in [0.15, 0.2) is 0 Å². The Bertz CT molecular complexity index is 108. The van der Waals surface area contributed by atoms with Crippen molar-refractivity contribution in [2.75, 3.05) is 6.61 Å². The molecule has 1 rings (SSSR count). The summed E-state index contributed by atoms with van der Waals surface area (Å²) in [5.41, 5.74) is 0. The number of ether oxygens (including phenoxy) is 1. The van der Waals surface area contributed by atoms with Crippen LogP contribution in [-0.2, 0) is 4.74 Å². The normalized spacial score (nSPS) is 26.0. The molecule has 72 valence electrons. The van der Waals surface area contributed by atoms with Crippen molar-refractivity contribution < 1.29 is 4.74 Å². The number of rotatable bonds is 5. The second-order valence-electron chi connectivity index (χ2n) is 3.70. The van der Waals surface area contributed by atoms with Gasteiger partial charge in [-0.1, -0.05) is 12.8 Å². The molecule has 0 amide bonds. The van der Waals surface area contributed by atoms with Gasteiger partial charge < -0.3 is 4.74 Å². The Balaban J connectivity index is 1.88. The van der Waals surface area contributed by atoms with Gasteiger partial charge in [-0.3, -0.25) is 0 Å². The summed E-state index contributed by atoms with van der Waals surface area (Å²) < 4.78 is 5.53. The van der Waals surface area contributed by atoms with E-state index < -0.39 is 0 Å². The Morgan fingerprint density at radius 2 is 2.33 bits per heavy atom. The van der Waals surface area contributed by atoms with Gasteiger partial charge in [0, 0.05) is 12.0 Å². The number of hydrogen-bond donors (Lipinski definition) is 0. The molecule has 1 heterocycles. The zero-order valence-corrected chi connectivity index (χ0v) is 8.65. The van der Waals surface area contributed by atoms with Gasteiger partial charge in [-0.15, -0.1) is 11.6 Å². The van der Waals surface area contributed by atoms with Crippen molar-refractivity contribution in [1.82, 2.24) is 0 Å². The van der Waals surface area contributed by atoms with Crippen LogP contribution in [0.2, 0.25) is 0 Å². The largest absolute Gasteiger partial charge is 0.378 e. The lowest BCUT2D eigenvalue weighted by Crippen LogP contribution is -2.04. The Kier molecular flexibility index (Phi) is 5.01. The zero-order valence-electron chi connectivity index (χ0n) is 7.89. The van der Waals surface area contributed by atoms with Gasteiger partial charge in [-0.25, -0.2) is 0 Å². The highest BCUT2D eigenvalue weighted by molar-refractivity contribution is 6.20. The topological polar surface area (TPSA) is 9.23 Å². The maximum atomic E-state index is 5.84. The summed E-state index contributed by atoms with van der Waals surface area (Å²) in [4.78, 5) is 0. The van der Waals surface area contributed by atoms with Gasteiger partial charge in [-0.05, 0) is 32.6 Å². The first-order valence-corrected chi connectivity index (χ1v) is 5.48. The third-order valence-electron chi connectivity index (χ3n) is 2.40. The second-order valence-corrected chi connectivity index (χ2v) is 4.45. The summed E-state index contributed by atoms with van der Waals surface area (Å²) >= 11 is 5.84. The molecule has 1 aliphatic rings. The molecular weight excluding hydrogens is 172 g/mol. The average Bonchev–Trinajstić information content (AvgIpc) is 2.49. The summed E-state index contributed by atoms with van der Waals surface area (Å²) in [7, 11) is 0. The quantitative estimate of drug-likeness (QED) is 0.477. The molecule has 12 heavy (non-hydrogen) atoms. The van der Waals surface area contributed by atoms with Crippen LogP contribution in [0.1, 0.15) is 45.4 Å². The molecule has 1 aliphatic heterocycles. The molecule has 0 N–H and O–H groups in total. The highest BCUT2D eigenvalue weighted by atomic mass is 35.5. The van der Waals surface area contributed by atoms with E-state index in [0.717, 1.165) is 13.0 Å². The summed E-state index contributed by atoms with van der Waals surface area (Å²) in [6.07, 6.45) is 8.02. The first-order valence-electron chi connectivity index (χ1n) is 5.04. The minimum absolute atomic E-state index is 0.342. The fourth-order valence-electron chi connectivity index (χ4n) is 1.67. The smallest absolute Gasteiger partial charge is 0.0576 e. The maximum absolute atomic E-state index is 5.84. The highest BCUT2D eigenvalue weighted by Crippen LogP contribution is 2.18. The number of hydrogen-bond acceptors (Lipinski definition) is 1. The molecule has 0 spiro atoms. The van der Waals surface area contributed by atoms with Gasteiger partial charge in [0.2, 0.25) is 0 Å². The summed E-state index contributed by atoms with van der Waals surface area (Å²) in [5, 5.41) is 0.342. The molecule has 0 aliphatic carbocycles. The minimum Gasteiger partial charge on any atom is -0.378 e. The van der Waals surface area contributed by atoms with E-state index in [1.165, 1.54) is 32.1 Å². The number of halogens is 1. The van der Waals surface area contributed by atoms with Gasteiger partial charge in [-0.2, -0.15) is 0 Å². The van der Waals surface area contributed by atoms with E-state index in [2.05, 4.69) is 6.92 Å². The van der Waals surface area contributed by atoms with E-state index in [1.54, 1.807) is 0 Å². The van der Waals surface area contributed by atoms with E-state index in [4.69, 9.17) is 16.3 Å². The molecule has 0 saturated carbocycles. The van der Waals surface area contributed by atoms with Gasteiger partial charge in [0.25, 0.3) is 0 Å². The summed E-state index contributed by atoms with van der Waals surface area (Å²) in [6.45, 7) is 3.05. The molecule has 0 aromatic rings. The van der Waals surface area contributed by atoms with Crippen molar-refractivity contribution in [1.29, 1.82) is 0 Å². The van der Waals surface area contributed by atoms with Crippen LogP contribution in [0.25, 0.3) is 0 Å². The van der Waals surface area contributed by atoms with E-state index >= 15 is 0 Å². The van der Waals surface area contributed by atoms with Gasteiger partial charge >= 0.3 is 0 Å². The second kappa shape index (κ2) is 5.82. The minimum atomic E-state index is 0.342. The first-order chi connectivity index (χ1) is 5.79. The molecule has 0 aromatic heterocycles. The molecule has 2 unspecified atom stereocenters. The van der Waals surface area contributed by atoms with E-state index in [0.29, 0.717) is 11.5 Å². The van der Waals surface area contributed by atoms with Crippen molar-refractivity contribution in [2.45, 2.75) is 56.9 Å². The fourth-order valence-corrected chi connectivity index (χ4v) is 1.82. The summed E-state index contributed by atoms with van der Waals surface area (Å²) in [5.74, 6) is 0. The Hall–Kier alpha value is 0.250. The predicted octanol–water partition coefficient (Wildman–Crippen LogP) is 3.35. The van der Waals surface area contributed by atoms with Crippen LogP contribution in [0, 0.1) is 0 Å². The standard InChI is InChI=1S/C10H19ClO/c1-9(11)5-2-3-6-10-7-4-8-12-10/h9-10H,2-8H2,1H3. The van der Waals surface area contributed by atoms with Crippen molar-refractivity contribution >= 4 is 11.6 Å². The highest BCUT2D eigenvalue weighted by Gasteiger charge is 2.14. The first kappa shape index (κ1) is 10.3. The molecule has 0 aromatic carbocycles. The molecule has 2 heteroatoms. The van der Waals surface area contributed by atoms with Gasteiger partial charge in [0.1, 0.15) is 0 Å². The fraction of sp³-hybridized carbons (Fsp3) is 1.00. The van der Waals surface area contributed by atoms with E-state index in [-0.39, 0.29) is 0 Å². The third-order valence-corrected chi connectivity index (χ3v) is 2.62. The monoisotopic (exact) mass is 190 g/mol. The van der Waals surface area contributed by atoms with Crippen LogP contribution >= 0.6 is 11.6 Å². The van der Waals surface area contributed by atoms with E-state index in [9.17, 15) is 0 Å². The predicted molar refractivity (Wildman–Crippen MR) is 52.8 cm³/mol. The van der Waals surface area contributed by atoms with Crippen molar-refractivity contribution in [2.24, 2.45) is 0 Å². The molecule has 1 fully saturated rings. The van der Waals surface area contributed by atoms with Crippen LogP contribution < -0.4 is 0 Å². The molecule has 2 atom stereocenters. The Labute approximate surface area is 80.4 Å². The SMILES string of the molecule is CC(Cl)CCCCC1CCCO1. The molecular formula is C10H19ClO. The van der Waals surface area contributed by atoms with Crippen LogP contribution in [0.5, 0.6) is 0 Å². The molecule has 0 radical (unpaired) electrons. The van der Waals surface area contributed by atoms with Crippen LogP contribution in [0.4, 0.5) is 0 Å². The zero-order chi connectivity index (χ0) is 8.81. The van der Waals surface area contributed by atoms with Crippen molar-refractivity contribution in [3.63, 3.8) is 0 Å². The van der Waals surface area contributed by atoms with Crippen molar-refractivity contribution in [3.8, 4) is 0 Å². The Morgan fingerprint density at radius 3 is 2.92 bits per heavy atom. The van der Waals surface area contributed by atoms with Gasteiger partial charge in [0.05, 0.1) is 6.10 Å². The van der Waals surface area contributed by atoms with Crippen LogP contribution in [0.3, 0.4) is 0 Å². The average molecular weight is 191 g/mol. The third kappa shape index (κ3) is 4.32. The lowest BCUT2D eigenvalue weighted by molar-refractivity contribution is 0.102. The molecule has 1 nitrogen and oxygen atoms in total.